The number of hydrogen-bond donors (Lipinski definition) is 1. The standard InChI is InChI=1S/C17H24N2O2/c1-17(11-18)8-9-19(12-17)16(20)14-4-2-3-5-15(14)21-10-13-6-7-13/h2-5,13H,6-12,18H2,1H3. The Kier molecular flexibility index (Phi) is 3.89. The van der Waals surface area contributed by atoms with Crippen molar-refractivity contribution >= 4 is 5.91 Å². The lowest BCUT2D eigenvalue weighted by Gasteiger charge is -2.23. The summed E-state index contributed by atoms with van der Waals surface area (Å²) < 4.78 is 5.85. The van der Waals surface area contributed by atoms with Gasteiger partial charge in [-0.2, -0.15) is 0 Å². The smallest absolute Gasteiger partial charge is 0.257 e. The molecule has 4 nitrogen and oxygen atoms in total. The molecule has 1 aromatic carbocycles. The van der Waals surface area contributed by atoms with Gasteiger partial charge in [-0.1, -0.05) is 19.1 Å². The molecule has 1 amide bonds. The van der Waals surface area contributed by atoms with E-state index in [0.29, 0.717) is 18.0 Å². The first kappa shape index (κ1) is 14.4. The van der Waals surface area contributed by atoms with Crippen LogP contribution < -0.4 is 10.5 Å². The molecule has 1 saturated heterocycles. The normalized spacial score (nSPS) is 25.1. The van der Waals surface area contributed by atoms with Gasteiger partial charge < -0.3 is 15.4 Å². The van der Waals surface area contributed by atoms with E-state index < -0.39 is 0 Å². The van der Waals surface area contributed by atoms with Crippen LogP contribution in [0.15, 0.2) is 24.3 Å². The van der Waals surface area contributed by atoms with Crippen molar-refractivity contribution in [1.82, 2.24) is 4.90 Å². The highest BCUT2D eigenvalue weighted by atomic mass is 16.5. The largest absolute Gasteiger partial charge is 0.492 e. The molecule has 0 bridgehead atoms. The number of carbonyl (C=O) groups is 1. The van der Waals surface area contributed by atoms with E-state index in [2.05, 4.69) is 6.92 Å². The highest BCUT2D eigenvalue weighted by Crippen LogP contribution is 2.33. The number of nitrogens with two attached hydrogens (primary N) is 1. The maximum absolute atomic E-state index is 12.7. The lowest BCUT2D eigenvalue weighted by atomic mass is 9.90. The van der Waals surface area contributed by atoms with Gasteiger partial charge in [0.1, 0.15) is 5.75 Å². The van der Waals surface area contributed by atoms with E-state index in [9.17, 15) is 4.79 Å². The summed E-state index contributed by atoms with van der Waals surface area (Å²) >= 11 is 0. The number of para-hydroxylation sites is 1. The van der Waals surface area contributed by atoms with Gasteiger partial charge in [0.25, 0.3) is 5.91 Å². The van der Waals surface area contributed by atoms with Gasteiger partial charge >= 0.3 is 0 Å². The molecule has 3 rings (SSSR count). The molecule has 1 aromatic rings. The third-order valence-electron chi connectivity index (χ3n) is 4.63. The van der Waals surface area contributed by atoms with E-state index in [1.54, 1.807) is 0 Å². The van der Waals surface area contributed by atoms with Gasteiger partial charge in [-0.15, -0.1) is 0 Å². The number of hydrogen-bond acceptors (Lipinski definition) is 3. The van der Waals surface area contributed by atoms with E-state index in [1.165, 1.54) is 12.8 Å². The Labute approximate surface area is 126 Å². The Balaban J connectivity index is 1.72. The van der Waals surface area contributed by atoms with Gasteiger partial charge in [0.15, 0.2) is 0 Å². The molecule has 2 fully saturated rings. The van der Waals surface area contributed by atoms with Crippen LogP contribution in [0.3, 0.4) is 0 Å². The minimum Gasteiger partial charge on any atom is -0.492 e. The molecule has 21 heavy (non-hydrogen) atoms. The summed E-state index contributed by atoms with van der Waals surface area (Å²) in [6.07, 6.45) is 3.47. The molecule has 114 valence electrons. The van der Waals surface area contributed by atoms with Crippen molar-refractivity contribution in [1.29, 1.82) is 0 Å². The van der Waals surface area contributed by atoms with Crippen LogP contribution in [-0.4, -0.2) is 37.0 Å². The average molecular weight is 288 g/mol. The van der Waals surface area contributed by atoms with Crippen LogP contribution in [0.2, 0.25) is 0 Å². The topological polar surface area (TPSA) is 55.6 Å². The molecule has 0 spiro atoms. The quantitative estimate of drug-likeness (QED) is 0.904. The first-order valence-electron chi connectivity index (χ1n) is 7.82. The maximum atomic E-state index is 12.7. The number of amides is 1. The maximum Gasteiger partial charge on any atom is 0.257 e. The van der Waals surface area contributed by atoms with Gasteiger partial charge in [-0.05, 0) is 49.3 Å². The first-order valence-corrected chi connectivity index (χ1v) is 7.82. The van der Waals surface area contributed by atoms with Crippen LogP contribution in [0.5, 0.6) is 5.75 Å². The fraction of sp³-hybridized carbons (Fsp3) is 0.588. The zero-order valence-corrected chi connectivity index (χ0v) is 12.7. The van der Waals surface area contributed by atoms with Crippen LogP contribution in [0.25, 0.3) is 0 Å². The van der Waals surface area contributed by atoms with Crippen LogP contribution >= 0.6 is 0 Å². The second-order valence-electron chi connectivity index (χ2n) is 6.74. The number of benzene rings is 1. The van der Waals surface area contributed by atoms with Crippen molar-refractivity contribution in [2.24, 2.45) is 17.1 Å². The molecule has 1 atom stereocenters. The van der Waals surface area contributed by atoms with Gasteiger partial charge in [0.05, 0.1) is 12.2 Å². The number of carbonyl (C=O) groups excluding carboxylic acids is 1. The van der Waals surface area contributed by atoms with Crippen LogP contribution in [-0.2, 0) is 0 Å². The number of ether oxygens (including phenoxy) is 1. The molecule has 4 heteroatoms. The van der Waals surface area contributed by atoms with E-state index in [0.717, 1.165) is 31.9 Å². The third kappa shape index (κ3) is 3.21. The molecule has 1 aliphatic heterocycles. The summed E-state index contributed by atoms with van der Waals surface area (Å²) in [5.41, 5.74) is 6.56. The Morgan fingerprint density at radius 2 is 2.19 bits per heavy atom. The molecule has 1 unspecified atom stereocenters. The monoisotopic (exact) mass is 288 g/mol. The first-order chi connectivity index (χ1) is 10.1. The molecule has 1 heterocycles. The zero-order chi connectivity index (χ0) is 14.9. The average Bonchev–Trinajstić information content (AvgIpc) is 3.26. The fourth-order valence-corrected chi connectivity index (χ4v) is 2.80. The predicted molar refractivity (Wildman–Crippen MR) is 82.3 cm³/mol. The highest BCUT2D eigenvalue weighted by molar-refractivity contribution is 5.97. The molecule has 1 saturated carbocycles. The van der Waals surface area contributed by atoms with E-state index in [4.69, 9.17) is 10.5 Å². The number of likely N-dealkylation sites (tertiary alicyclic amines) is 1. The van der Waals surface area contributed by atoms with Crippen LogP contribution in [0, 0.1) is 11.3 Å². The third-order valence-corrected chi connectivity index (χ3v) is 4.63. The van der Waals surface area contributed by atoms with E-state index in [1.807, 2.05) is 29.2 Å². The van der Waals surface area contributed by atoms with Crippen LogP contribution in [0.4, 0.5) is 0 Å². The molecular weight excluding hydrogens is 264 g/mol. The van der Waals surface area contributed by atoms with Gasteiger partial charge in [0, 0.05) is 13.1 Å². The van der Waals surface area contributed by atoms with Crippen molar-refractivity contribution in [3.8, 4) is 5.75 Å². The summed E-state index contributed by atoms with van der Waals surface area (Å²) in [7, 11) is 0. The summed E-state index contributed by atoms with van der Waals surface area (Å²) in [6, 6.07) is 7.58. The van der Waals surface area contributed by atoms with E-state index >= 15 is 0 Å². The Bertz CT molecular complexity index is 527. The van der Waals surface area contributed by atoms with Gasteiger partial charge in [0.2, 0.25) is 0 Å². The summed E-state index contributed by atoms with van der Waals surface area (Å²) in [4.78, 5) is 14.6. The predicted octanol–water partition coefficient (Wildman–Crippen LogP) is 2.29. The highest BCUT2D eigenvalue weighted by Gasteiger charge is 2.36. The SMILES string of the molecule is CC1(CN)CCN(C(=O)c2ccccc2OCC2CC2)C1. The van der Waals surface area contributed by atoms with Crippen molar-refractivity contribution in [3.05, 3.63) is 29.8 Å². The van der Waals surface area contributed by atoms with Crippen molar-refractivity contribution in [2.75, 3.05) is 26.2 Å². The molecule has 1 aliphatic carbocycles. The Morgan fingerprint density at radius 1 is 1.43 bits per heavy atom. The lowest BCUT2D eigenvalue weighted by Crippen LogP contribution is -2.34. The summed E-state index contributed by atoms with van der Waals surface area (Å²) in [6.45, 7) is 5.01. The van der Waals surface area contributed by atoms with Gasteiger partial charge in [-0.3, -0.25) is 4.79 Å². The lowest BCUT2D eigenvalue weighted by molar-refractivity contribution is 0.0772. The summed E-state index contributed by atoms with van der Waals surface area (Å²) in [5.74, 6) is 1.47. The molecule has 0 aromatic heterocycles. The molecule has 2 N–H and O–H groups in total. The molecule has 2 aliphatic rings. The van der Waals surface area contributed by atoms with Crippen molar-refractivity contribution in [2.45, 2.75) is 26.2 Å². The second kappa shape index (κ2) is 5.68. The van der Waals surface area contributed by atoms with Gasteiger partial charge in [-0.25, -0.2) is 0 Å². The molecule has 0 radical (unpaired) electrons. The fourth-order valence-electron chi connectivity index (χ4n) is 2.80. The van der Waals surface area contributed by atoms with Crippen molar-refractivity contribution < 1.29 is 9.53 Å². The minimum absolute atomic E-state index is 0.0550. The Morgan fingerprint density at radius 3 is 2.86 bits per heavy atom. The number of rotatable bonds is 5. The summed E-state index contributed by atoms with van der Waals surface area (Å²) in [5, 5.41) is 0. The minimum atomic E-state index is 0.0550. The molecular formula is C17H24N2O2. The van der Waals surface area contributed by atoms with Crippen LogP contribution in [0.1, 0.15) is 36.5 Å². The Hall–Kier alpha value is -1.55. The second-order valence-corrected chi connectivity index (χ2v) is 6.74. The number of nitrogens with zero attached hydrogens (tertiary/aromatic N) is 1. The van der Waals surface area contributed by atoms with E-state index in [-0.39, 0.29) is 11.3 Å². The zero-order valence-electron chi connectivity index (χ0n) is 12.7. The van der Waals surface area contributed by atoms with Crippen molar-refractivity contribution in [3.63, 3.8) is 0 Å².